The first-order valence-electron chi connectivity index (χ1n) is 8.01. The van der Waals surface area contributed by atoms with E-state index in [4.69, 9.17) is 4.74 Å². The number of thioether (sulfide) groups is 1. The van der Waals surface area contributed by atoms with E-state index in [9.17, 15) is 18.8 Å². The monoisotopic (exact) mass is 373 g/mol. The molecule has 0 bridgehead atoms. The first kappa shape index (κ1) is 18.1. The molecule has 26 heavy (non-hydrogen) atoms. The van der Waals surface area contributed by atoms with Crippen LogP contribution in [0.3, 0.4) is 0 Å². The summed E-state index contributed by atoms with van der Waals surface area (Å²) in [5.41, 5.74) is 1.06. The number of rotatable bonds is 4. The number of benzene rings is 2. The van der Waals surface area contributed by atoms with E-state index >= 15 is 0 Å². The van der Waals surface area contributed by atoms with Gasteiger partial charge in [0.15, 0.2) is 6.10 Å². The lowest BCUT2D eigenvalue weighted by atomic mass is 10.1. The molecule has 134 valence electrons. The SMILES string of the molecule is C[C@H](OC(=O)c1ccc2c(c1)NC(=O)CCS2)C(=O)c1ccc(F)cc1. The van der Waals surface area contributed by atoms with E-state index in [0.717, 1.165) is 4.90 Å². The van der Waals surface area contributed by atoms with E-state index in [-0.39, 0.29) is 17.0 Å². The summed E-state index contributed by atoms with van der Waals surface area (Å²) in [6, 6.07) is 9.93. The van der Waals surface area contributed by atoms with E-state index in [2.05, 4.69) is 5.32 Å². The number of hydrogen-bond acceptors (Lipinski definition) is 5. The first-order valence-corrected chi connectivity index (χ1v) is 9.00. The quantitative estimate of drug-likeness (QED) is 0.654. The minimum absolute atomic E-state index is 0.110. The van der Waals surface area contributed by atoms with Crippen molar-refractivity contribution in [2.45, 2.75) is 24.3 Å². The van der Waals surface area contributed by atoms with Gasteiger partial charge >= 0.3 is 5.97 Å². The molecular formula is C19H16FNO4S. The topological polar surface area (TPSA) is 72.5 Å². The van der Waals surface area contributed by atoms with Crippen molar-refractivity contribution >= 4 is 35.1 Å². The molecule has 1 N–H and O–H groups in total. The third-order valence-corrected chi connectivity index (χ3v) is 4.93. The van der Waals surface area contributed by atoms with Crippen molar-refractivity contribution < 1.29 is 23.5 Å². The lowest BCUT2D eigenvalue weighted by Gasteiger charge is -2.13. The average molecular weight is 373 g/mol. The van der Waals surface area contributed by atoms with Crippen LogP contribution in [-0.2, 0) is 9.53 Å². The Labute approximate surface area is 153 Å². The van der Waals surface area contributed by atoms with E-state index in [1.165, 1.54) is 43.0 Å². The Kier molecular flexibility index (Phi) is 5.37. The average Bonchev–Trinajstić information content (AvgIpc) is 2.81. The largest absolute Gasteiger partial charge is 0.451 e. The van der Waals surface area contributed by atoms with Crippen molar-refractivity contribution in [1.82, 2.24) is 0 Å². The Morgan fingerprint density at radius 1 is 1.15 bits per heavy atom. The zero-order chi connectivity index (χ0) is 18.7. The molecule has 0 saturated carbocycles. The fourth-order valence-electron chi connectivity index (χ4n) is 2.48. The van der Waals surface area contributed by atoms with Gasteiger partial charge in [0.2, 0.25) is 11.7 Å². The zero-order valence-electron chi connectivity index (χ0n) is 14.0. The molecule has 1 aliphatic rings. The fourth-order valence-corrected chi connectivity index (χ4v) is 3.41. The van der Waals surface area contributed by atoms with Gasteiger partial charge in [-0.3, -0.25) is 9.59 Å². The molecule has 1 amide bonds. The van der Waals surface area contributed by atoms with Crippen LogP contribution in [0.1, 0.15) is 34.1 Å². The molecule has 2 aromatic rings. The van der Waals surface area contributed by atoms with Gasteiger partial charge in [0, 0.05) is 22.6 Å². The highest BCUT2D eigenvalue weighted by Crippen LogP contribution is 2.31. The van der Waals surface area contributed by atoms with Crippen LogP contribution in [0.15, 0.2) is 47.4 Å². The van der Waals surface area contributed by atoms with Gasteiger partial charge in [-0.1, -0.05) is 0 Å². The molecule has 0 fully saturated rings. The molecule has 5 nitrogen and oxygen atoms in total. The number of amides is 1. The summed E-state index contributed by atoms with van der Waals surface area (Å²) < 4.78 is 18.2. The lowest BCUT2D eigenvalue weighted by Crippen LogP contribution is -2.24. The van der Waals surface area contributed by atoms with Crippen molar-refractivity contribution in [3.05, 3.63) is 59.4 Å². The minimum atomic E-state index is -1.02. The highest BCUT2D eigenvalue weighted by Gasteiger charge is 2.22. The number of carbonyl (C=O) groups is 3. The molecule has 3 rings (SSSR count). The number of esters is 1. The Morgan fingerprint density at radius 2 is 1.85 bits per heavy atom. The van der Waals surface area contributed by atoms with Crippen molar-refractivity contribution in [2.75, 3.05) is 11.1 Å². The molecule has 1 atom stereocenters. The van der Waals surface area contributed by atoms with E-state index < -0.39 is 23.7 Å². The number of Topliss-reactive ketones (excluding diaryl/α,β-unsaturated/α-hetero) is 1. The number of anilines is 1. The summed E-state index contributed by atoms with van der Waals surface area (Å²) in [5, 5.41) is 2.75. The van der Waals surface area contributed by atoms with Crippen molar-refractivity contribution in [3.8, 4) is 0 Å². The third-order valence-electron chi connectivity index (χ3n) is 3.86. The molecule has 2 aromatic carbocycles. The third kappa shape index (κ3) is 4.11. The summed E-state index contributed by atoms with van der Waals surface area (Å²) in [5.74, 6) is -0.972. The normalized spacial score (nSPS) is 14.6. The molecule has 1 heterocycles. The highest BCUT2D eigenvalue weighted by molar-refractivity contribution is 7.99. The second-order valence-corrected chi connectivity index (χ2v) is 6.91. The van der Waals surface area contributed by atoms with Crippen LogP contribution in [0.5, 0.6) is 0 Å². The van der Waals surface area contributed by atoms with Crippen LogP contribution in [0.2, 0.25) is 0 Å². The number of nitrogens with one attached hydrogen (secondary N) is 1. The lowest BCUT2D eigenvalue weighted by molar-refractivity contribution is -0.115. The van der Waals surface area contributed by atoms with Crippen LogP contribution in [-0.4, -0.2) is 29.5 Å². The second-order valence-electron chi connectivity index (χ2n) is 5.78. The molecular weight excluding hydrogens is 357 g/mol. The Balaban J connectivity index is 1.72. The molecule has 0 unspecified atom stereocenters. The van der Waals surface area contributed by atoms with Gasteiger partial charge in [-0.05, 0) is 49.4 Å². The smallest absolute Gasteiger partial charge is 0.338 e. The van der Waals surface area contributed by atoms with Crippen LogP contribution < -0.4 is 5.32 Å². The maximum Gasteiger partial charge on any atom is 0.338 e. The van der Waals surface area contributed by atoms with Gasteiger partial charge in [-0.2, -0.15) is 0 Å². The maximum absolute atomic E-state index is 12.9. The molecule has 0 saturated heterocycles. The van der Waals surface area contributed by atoms with Crippen molar-refractivity contribution in [2.24, 2.45) is 0 Å². The standard InChI is InChI=1S/C19H16FNO4S/c1-11(18(23)12-2-5-14(20)6-3-12)25-19(24)13-4-7-16-15(10-13)21-17(22)8-9-26-16/h2-7,10-11H,8-9H2,1H3,(H,21,22)/t11-/m0/s1. The van der Waals surface area contributed by atoms with E-state index in [0.29, 0.717) is 17.9 Å². The van der Waals surface area contributed by atoms with Crippen LogP contribution >= 0.6 is 11.8 Å². The van der Waals surface area contributed by atoms with E-state index in [1.807, 2.05) is 0 Å². The van der Waals surface area contributed by atoms with Gasteiger partial charge in [0.1, 0.15) is 5.82 Å². The molecule has 1 aliphatic heterocycles. The summed E-state index contributed by atoms with van der Waals surface area (Å²) in [6.07, 6.45) is -0.613. The predicted octanol–water partition coefficient (Wildman–Crippen LogP) is 3.69. The van der Waals surface area contributed by atoms with E-state index in [1.54, 1.807) is 18.2 Å². The maximum atomic E-state index is 12.9. The van der Waals surface area contributed by atoms with Crippen molar-refractivity contribution in [1.29, 1.82) is 0 Å². The summed E-state index contributed by atoms with van der Waals surface area (Å²) in [4.78, 5) is 37.2. The number of halogens is 1. The van der Waals surface area contributed by atoms with Gasteiger partial charge < -0.3 is 10.1 Å². The highest BCUT2D eigenvalue weighted by atomic mass is 32.2. The van der Waals surface area contributed by atoms with Gasteiger partial charge in [-0.15, -0.1) is 11.8 Å². The number of hydrogen-bond donors (Lipinski definition) is 1. The molecule has 0 aliphatic carbocycles. The fraction of sp³-hybridized carbons (Fsp3) is 0.211. The van der Waals surface area contributed by atoms with Crippen LogP contribution in [0.25, 0.3) is 0 Å². The molecule has 7 heteroatoms. The Morgan fingerprint density at radius 3 is 2.58 bits per heavy atom. The molecule has 0 aromatic heterocycles. The summed E-state index contributed by atoms with van der Waals surface area (Å²) in [7, 11) is 0. The molecule has 0 radical (unpaired) electrons. The van der Waals surface area contributed by atoms with Gasteiger partial charge in [0.25, 0.3) is 0 Å². The number of fused-ring (bicyclic) bond motifs is 1. The Bertz CT molecular complexity index is 866. The summed E-state index contributed by atoms with van der Waals surface area (Å²) >= 11 is 1.53. The minimum Gasteiger partial charge on any atom is -0.451 e. The van der Waals surface area contributed by atoms with Crippen LogP contribution in [0, 0.1) is 5.82 Å². The summed E-state index contributed by atoms with van der Waals surface area (Å²) in [6.45, 7) is 1.46. The first-order chi connectivity index (χ1) is 12.4. The van der Waals surface area contributed by atoms with Gasteiger partial charge in [-0.25, -0.2) is 9.18 Å². The van der Waals surface area contributed by atoms with Crippen LogP contribution in [0.4, 0.5) is 10.1 Å². The zero-order valence-corrected chi connectivity index (χ0v) is 14.8. The van der Waals surface area contributed by atoms with Gasteiger partial charge in [0.05, 0.1) is 11.3 Å². The number of carbonyl (C=O) groups excluding carboxylic acids is 3. The predicted molar refractivity (Wildman–Crippen MR) is 96.0 cm³/mol. The number of ketones is 1. The molecule has 0 spiro atoms. The Hall–Kier alpha value is -2.67. The number of ether oxygens (including phenoxy) is 1. The van der Waals surface area contributed by atoms with Crippen molar-refractivity contribution in [3.63, 3.8) is 0 Å². The second kappa shape index (κ2) is 7.70.